The minimum atomic E-state index is -0.441. The number of benzene rings is 2. The van der Waals surface area contributed by atoms with E-state index >= 15 is 0 Å². The van der Waals surface area contributed by atoms with Gasteiger partial charge in [-0.3, -0.25) is 9.89 Å². The number of hydrogen-bond donors (Lipinski definition) is 2. The first-order valence-electron chi connectivity index (χ1n) is 7.43. The fraction of sp³-hybridized carbons (Fsp3) is 0.118. The highest BCUT2D eigenvalue weighted by Crippen LogP contribution is 2.25. The Morgan fingerprint density at radius 1 is 1.28 bits per heavy atom. The number of carbonyl (C=O) groups excluding carboxylic acids is 1. The molecule has 25 heavy (non-hydrogen) atoms. The van der Waals surface area contributed by atoms with Crippen LogP contribution in [0.2, 0.25) is 5.02 Å². The number of H-pyrrole nitrogens is 1. The Balaban J connectivity index is 1.66. The van der Waals surface area contributed by atoms with E-state index in [0.29, 0.717) is 27.3 Å². The first kappa shape index (κ1) is 17.4. The van der Waals surface area contributed by atoms with Crippen LogP contribution in [-0.4, -0.2) is 26.3 Å². The van der Waals surface area contributed by atoms with Gasteiger partial charge < -0.3 is 5.32 Å². The van der Waals surface area contributed by atoms with Crippen LogP contribution >= 0.6 is 23.4 Å². The summed E-state index contributed by atoms with van der Waals surface area (Å²) in [5, 5.41) is 9.98. The number of anilines is 1. The van der Waals surface area contributed by atoms with E-state index in [2.05, 4.69) is 20.5 Å². The number of carbonyl (C=O) groups is 1. The van der Waals surface area contributed by atoms with E-state index in [1.807, 2.05) is 0 Å². The third-order valence-corrected chi connectivity index (χ3v) is 4.53. The Bertz CT molecular complexity index is 902. The van der Waals surface area contributed by atoms with E-state index in [4.69, 9.17) is 11.6 Å². The first-order valence-corrected chi connectivity index (χ1v) is 8.69. The van der Waals surface area contributed by atoms with Crippen molar-refractivity contribution in [1.29, 1.82) is 0 Å². The largest absolute Gasteiger partial charge is 0.325 e. The van der Waals surface area contributed by atoms with E-state index in [1.54, 1.807) is 49.4 Å². The molecule has 2 N–H and O–H groups in total. The first-order chi connectivity index (χ1) is 12.0. The van der Waals surface area contributed by atoms with Crippen molar-refractivity contribution in [2.75, 3.05) is 5.32 Å². The highest BCUT2D eigenvalue weighted by Gasteiger charge is 2.18. The van der Waals surface area contributed by atoms with Crippen LogP contribution in [0, 0.1) is 5.82 Å². The second kappa shape index (κ2) is 7.67. The molecule has 0 saturated heterocycles. The lowest BCUT2D eigenvalue weighted by atomic mass is 10.2. The lowest BCUT2D eigenvalue weighted by molar-refractivity contribution is -0.115. The molecular formula is C17H14ClFN4OS. The molecule has 2 aromatic carbocycles. The van der Waals surface area contributed by atoms with Gasteiger partial charge in [0.05, 0.1) is 10.8 Å². The molecule has 3 rings (SSSR count). The van der Waals surface area contributed by atoms with Crippen molar-refractivity contribution < 1.29 is 9.18 Å². The fourth-order valence-electron chi connectivity index (χ4n) is 2.09. The molecule has 8 heteroatoms. The van der Waals surface area contributed by atoms with Crippen molar-refractivity contribution in [3.8, 4) is 11.4 Å². The van der Waals surface area contributed by atoms with Gasteiger partial charge in [0, 0.05) is 10.7 Å². The number of nitrogens with one attached hydrogen (secondary N) is 2. The second-order valence-corrected chi connectivity index (χ2v) is 6.95. The van der Waals surface area contributed by atoms with Gasteiger partial charge in [0.1, 0.15) is 5.82 Å². The average Bonchev–Trinajstić information content (AvgIpc) is 3.03. The molecule has 0 unspecified atom stereocenters. The number of thioether (sulfide) groups is 1. The van der Waals surface area contributed by atoms with Gasteiger partial charge in [0.15, 0.2) is 5.82 Å². The van der Waals surface area contributed by atoms with Crippen LogP contribution in [-0.2, 0) is 4.79 Å². The molecular weight excluding hydrogens is 363 g/mol. The second-order valence-electron chi connectivity index (χ2n) is 5.21. The van der Waals surface area contributed by atoms with Gasteiger partial charge in [-0.1, -0.05) is 41.6 Å². The molecule has 1 heterocycles. The van der Waals surface area contributed by atoms with Crippen LogP contribution < -0.4 is 5.32 Å². The fourth-order valence-corrected chi connectivity index (χ4v) is 3.01. The quantitative estimate of drug-likeness (QED) is 0.648. The molecule has 0 aliphatic carbocycles. The standard InChI is InChI=1S/C17H14ClFN4OS/c1-10(16(24)20-12-6-4-5-11(18)9-12)25-17-21-15(22-23-17)13-7-2-3-8-14(13)19/h2-10H,1H3,(H,20,24)(H,21,22,23)/t10-/m0/s1. The maximum atomic E-state index is 13.8. The van der Waals surface area contributed by atoms with E-state index in [0.717, 1.165) is 0 Å². The molecule has 128 valence electrons. The summed E-state index contributed by atoms with van der Waals surface area (Å²) in [7, 11) is 0. The summed E-state index contributed by atoms with van der Waals surface area (Å²) in [5.74, 6) is -0.269. The Kier molecular flexibility index (Phi) is 5.35. The van der Waals surface area contributed by atoms with Gasteiger partial charge in [0.2, 0.25) is 11.1 Å². The molecule has 1 aromatic heterocycles. The lowest BCUT2D eigenvalue weighted by Gasteiger charge is -2.10. The van der Waals surface area contributed by atoms with Crippen molar-refractivity contribution >= 4 is 35.0 Å². The zero-order valence-corrected chi connectivity index (χ0v) is 14.7. The third kappa shape index (κ3) is 4.37. The van der Waals surface area contributed by atoms with Gasteiger partial charge >= 0.3 is 0 Å². The Morgan fingerprint density at radius 3 is 2.84 bits per heavy atom. The van der Waals surface area contributed by atoms with Crippen LogP contribution in [0.15, 0.2) is 53.7 Å². The summed E-state index contributed by atoms with van der Waals surface area (Å²) in [6, 6.07) is 13.2. The maximum Gasteiger partial charge on any atom is 0.237 e. The van der Waals surface area contributed by atoms with Crippen LogP contribution in [0.5, 0.6) is 0 Å². The van der Waals surface area contributed by atoms with Crippen LogP contribution in [0.4, 0.5) is 10.1 Å². The molecule has 5 nitrogen and oxygen atoms in total. The van der Waals surface area contributed by atoms with Crippen LogP contribution in [0.1, 0.15) is 6.92 Å². The van der Waals surface area contributed by atoms with E-state index in [1.165, 1.54) is 17.8 Å². The molecule has 0 spiro atoms. The molecule has 0 bridgehead atoms. The monoisotopic (exact) mass is 376 g/mol. The Labute approximate surface area is 153 Å². The molecule has 1 atom stereocenters. The average molecular weight is 377 g/mol. The number of amides is 1. The molecule has 1 amide bonds. The van der Waals surface area contributed by atoms with Gasteiger partial charge in [0.25, 0.3) is 0 Å². The smallest absolute Gasteiger partial charge is 0.237 e. The van der Waals surface area contributed by atoms with Crippen molar-refractivity contribution in [3.63, 3.8) is 0 Å². The topological polar surface area (TPSA) is 70.7 Å². The molecule has 3 aromatic rings. The van der Waals surface area contributed by atoms with Crippen LogP contribution in [0.3, 0.4) is 0 Å². The number of aromatic amines is 1. The van der Waals surface area contributed by atoms with Crippen molar-refractivity contribution in [2.24, 2.45) is 0 Å². The number of hydrogen-bond acceptors (Lipinski definition) is 4. The normalized spacial score (nSPS) is 12.0. The highest BCUT2D eigenvalue weighted by atomic mass is 35.5. The van der Waals surface area contributed by atoms with Crippen molar-refractivity contribution in [3.05, 3.63) is 59.4 Å². The lowest BCUT2D eigenvalue weighted by Crippen LogP contribution is -2.22. The van der Waals surface area contributed by atoms with E-state index < -0.39 is 5.25 Å². The van der Waals surface area contributed by atoms with Crippen molar-refractivity contribution in [1.82, 2.24) is 15.2 Å². The van der Waals surface area contributed by atoms with E-state index in [-0.39, 0.29) is 11.7 Å². The van der Waals surface area contributed by atoms with Gasteiger partial charge in [-0.15, -0.1) is 5.10 Å². The zero-order valence-electron chi connectivity index (χ0n) is 13.2. The Hall–Kier alpha value is -2.38. The molecule has 0 saturated carbocycles. The third-order valence-electron chi connectivity index (χ3n) is 3.34. The predicted molar refractivity (Wildman–Crippen MR) is 97.2 cm³/mol. The summed E-state index contributed by atoms with van der Waals surface area (Å²) >= 11 is 7.08. The number of nitrogens with zero attached hydrogens (tertiary/aromatic N) is 2. The molecule has 0 aliphatic heterocycles. The molecule has 0 fully saturated rings. The van der Waals surface area contributed by atoms with Crippen LogP contribution in [0.25, 0.3) is 11.4 Å². The highest BCUT2D eigenvalue weighted by molar-refractivity contribution is 8.00. The maximum absolute atomic E-state index is 13.8. The summed E-state index contributed by atoms with van der Waals surface area (Å²) in [6.45, 7) is 1.74. The van der Waals surface area contributed by atoms with E-state index in [9.17, 15) is 9.18 Å². The summed E-state index contributed by atoms with van der Waals surface area (Å²) < 4.78 is 13.8. The number of halogens is 2. The molecule has 0 aliphatic rings. The SMILES string of the molecule is C[C@H](Sc1n[nH]c(-c2ccccc2F)n1)C(=O)Nc1cccc(Cl)c1. The zero-order chi connectivity index (χ0) is 17.8. The minimum Gasteiger partial charge on any atom is -0.325 e. The minimum absolute atomic E-state index is 0.204. The van der Waals surface area contributed by atoms with Crippen molar-refractivity contribution in [2.45, 2.75) is 17.3 Å². The number of aromatic nitrogens is 3. The summed E-state index contributed by atoms with van der Waals surface area (Å²) in [6.07, 6.45) is 0. The Morgan fingerprint density at radius 2 is 2.08 bits per heavy atom. The van der Waals surface area contributed by atoms with Gasteiger partial charge in [-0.2, -0.15) is 0 Å². The van der Waals surface area contributed by atoms with Gasteiger partial charge in [-0.25, -0.2) is 9.37 Å². The van der Waals surface area contributed by atoms with Gasteiger partial charge in [-0.05, 0) is 37.3 Å². The summed E-state index contributed by atoms with van der Waals surface area (Å²) in [4.78, 5) is 16.5. The predicted octanol–water partition coefficient (Wildman–Crippen LogP) is 4.38. The molecule has 0 radical (unpaired) electrons. The summed E-state index contributed by atoms with van der Waals surface area (Å²) in [5.41, 5.74) is 0.949. The number of rotatable bonds is 5.